The number of aliphatic hydroxyl groups excluding tert-OH is 2. The van der Waals surface area contributed by atoms with Crippen molar-refractivity contribution in [2.45, 2.75) is 12.2 Å². The van der Waals surface area contributed by atoms with Gasteiger partial charge in [0.25, 0.3) is 0 Å². The molecule has 0 fully saturated rings. The zero-order chi connectivity index (χ0) is 10.7. The van der Waals surface area contributed by atoms with Gasteiger partial charge in [0, 0.05) is 4.88 Å². The van der Waals surface area contributed by atoms with Gasteiger partial charge in [0.05, 0.1) is 0 Å². The lowest BCUT2D eigenvalue weighted by Gasteiger charge is -2.11. The SMILES string of the molecule is N#Cc1ccc(C(O)C(O)C(=O)O)s1. The molecule has 74 valence electrons. The van der Waals surface area contributed by atoms with Crippen molar-refractivity contribution in [1.29, 1.82) is 5.26 Å². The first-order valence-corrected chi connectivity index (χ1v) is 4.46. The lowest BCUT2D eigenvalue weighted by Crippen LogP contribution is -2.26. The Bertz CT molecular complexity index is 381. The van der Waals surface area contributed by atoms with E-state index in [9.17, 15) is 9.90 Å². The summed E-state index contributed by atoms with van der Waals surface area (Å²) >= 11 is 0.952. The molecule has 3 N–H and O–H groups in total. The molecular formula is C8H7NO4S. The molecule has 0 bridgehead atoms. The van der Waals surface area contributed by atoms with Crippen LogP contribution >= 0.6 is 11.3 Å². The van der Waals surface area contributed by atoms with Gasteiger partial charge in [-0.25, -0.2) is 4.79 Å². The second kappa shape index (κ2) is 4.19. The maximum atomic E-state index is 10.3. The fourth-order valence-electron chi connectivity index (χ4n) is 0.863. The molecule has 0 aliphatic rings. The van der Waals surface area contributed by atoms with Crippen molar-refractivity contribution in [2.24, 2.45) is 0 Å². The smallest absolute Gasteiger partial charge is 0.335 e. The fraction of sp³-hybridized carbons (Fsp3) is 0.250. The minimum atomic E-state index is -1.86. The highest BCUT2D eigenvalue weighted by Gasteiger charge is 2.26. The van der Waals surface area contributed by atoms with Gasteiger partial charge in [0.2, 0.25) is 0 Å². The van der Waals surface area contributed by atoms with Crippen LogP contribution in [-0.4, -0.2) is 27.4 Å². The van der Waals surface area contributed by atoms with Crippen LogP contribution in [0, 0.1) is 11.3 Å². The number of nitriles is 1. The summed E-state index contributed by atoms with van der Waals surface area (Å²) in [6.07, 6.45) is -3.35. The Labute approximate surface area is 83.5 Å². The van der Waals surface area contributed by atoms with Gasteiger partial charge in [-0.15, -0.1) is 11.3 Å². The van der Waals surface area contributed by atoms with Crippen LogP contribution in [0.3, 0.4) is 0 Å². The topological polar surface area (TPSA) is 102 Å². The van der Waals surface area contributed by atoms with E-state index in [1.165, 1.54) is 12.1 Å². The Morgan fingerprint density at radius 3 is 2.57 bits per heavy atom. The van der Waals surface area contributed by atoms with E-state index in [0.29, 0.717) is 4.88 Å². The van der Waals surface area contributed by atoms with E-state index in [4.69, 9.17) is 15.5 Å². The van der Waals surface area contributed by atoms with Gasteiger partial charge in [-0.05, 0) is 12.1 Å². The van der Waals surface area contributed by atoms with E-state index in [1.807, 2.05) is 6.07 Å². The summed E-state index contributed by atoms with van der Waals surface area (Å²) in [7, 11) is 0. The number of nitrogens with zero attached hydrogens (tertiary/aromatic N) is 1. The number of rotatable bonds is 3. The molecule has 0 amide bonds. The zero-order valence-electron chi connectivity index (χ0n) is 6.91. The van der Waals surface area contributed by atoms with Crippen molar-refractivity contribution >= 4 is 17.3 Å². The molecule has 0 radical (unpaired) electrons. The molecule has 6 heteroatoms. The number of aliphatic carboxylic acids is 1. The van der Waals surface area contributed by atoms with Gasteiger partial charge < -0.3 is 15.3 Å². The van der Waals surface area contributed by atoms with Crippen LogP contribution in [0.2, 0.25) is 0 Å². The van der Waals surface area contributed by atoms with Crippen molar-refractivity contribution < 1.29 is 20.1 Å². The van der Waals surface area contributed by atoms with E-state index < -0.39 is 18.2 Å². The summed E-state index contributed by atoms with van der Waals surface area (Å²) in [4.78, 5) is 10.9. The van der Waals surface area contributed by atoms with Crippen molar-refractivity contribution in [3.8, 4) is 6.07 Å². The maximum Gasteiger partial charge on any atom is 0.335 e. The number of thiophene rings is 1. The molecule has 14 heavy (non-hydrogen) atoms. The maximum absolute atomic E-state index is 10.3. The summed E-state index contributed by atoms with van der Waals surface area (Å²) < 4.78 is 0. The molecule has 0 saturated carbocycles. The molecule has 2 atom stereocenters. The Kier molecular flexibility index (Phi) is 3.19. The third-order valence-corrected chi connectivity index (χ3v) is 2.64. The number of carboxylic acids is 1. The largest absolute Gasteiger partial charge is 0.479 e. The molecule has 1 aromatic rings. The van der Waals surface area contributed by atoms with E-state index in [0.717, 1.165) is 11.3 Å². The molecule has 1 heterocycles. The van der Waals surface area contributed by atoms with E-state index >= 15 is 0 Å². The van der Waals surface area contributed by atoms with Crippen LogP contribution in [0.1, 0.15) is 15.9 Å². The summed E-state index contributed by atoms with van der Waals surface area (Å²) in [6, 6.07) is 4.72. The number of aliphatic hydroxyl groups is 2. The lowest BCUT2D eigenvalue weighted by molar-refractivity contribution is -0.152. The van der Waals surface area contributed by atoms with Gasteiger partial charge in [-0.3, -0.25) is 0 Å². The molecule has 1 aromatic heterocycles. The minimum absolute atomic E-state index is 0.261. The number of hydrogen-bond acceptors (Lipinski definition) is 5. The van der Waals surface area contributed by atoms with Crippen molar-refractivity contribution in [1.82, 2.24) is 0 Å². The van der Waals surface area contributed by atoms with Crippen LogP contribution in [0.5, 0.6) is 0 Å². The minimum Gasteiger partial charge on any atom is -0.479 e. The number of carboxylic acid groups (broad SMARTS) is 1. The lowest BCUT2D eigenvalue weighted by atomic mass is 10.2. The van der Waals surface area contributed by atoms with Crippen molar-refractivity contribution in [3.63, 3.8) is 0 Å². The molecule has 0 aromatic carbocycles. The molecule has 0 aliphatic carbocycles. The summed E-state index contributed by atoms with van der Waals surface area (Å²) in [5, 5.41) is 35.2. The Hall–Kier alpha value is -1.42. The van der Waals surface area contributed by atoms with Gasteiger partial charge >= 0.3 is 5.97 Å². The van der Waals surface area contributed by atoms with Crippen molar-refractivity contribution in [2.75, 3.05) is 0 Å². The predicted octanol–water partition coefficient (Wildman–Crippen LogP) is 0.0987. The van der Waals surface area contributed by atoms with Gasteiger partial charge in [-0.1, -0.05) is 0 Å². The highest BCUT2D eigenvalue weighted by Crippen LogP contribution is 2.25. The Balaban J connectivity index is 2.84. The second-order valence-electron chi connectivity index (χ2n) is 2.54. The van der Waals surface area contributed by atoms with Gasteiger partial charge in [-0.2, -0.15) is 5.26 Å². The standard InChI is InChI=1S/C8H7NO4S/c9-3-4-1-2-5(14-4)6(10)7(11)8(12)13/h1-2,6-7,10-11H,(H,12,13). The molecule has 1 rings (SSSR count). The molecule has 2 unspecified atom stereocenters. The number of carbonyl (C=O) groups is 1. The highest BCUT2D eigenvalue weighted by atomic mass is 32.1. The zero-order valence-corrected chi connectivity index (χ0v) is 7.73. The third kappa shape index (κ3) is 2.09. The normalized spacial score (nSPS) is 14.4. The average Bonchev–Trinajstić information content (AvgIpc) is 2.63. The molecule has 5 nitrogen and oxygen atoms in total. The predicted molar refractivity (Wildman–Crippen MR) is 47.6 cm³/mol. The summed E-state index contributed by atoms with van der Waals surface area (Å²) in [5.74, 6) is -1.50. The molecule has 0 aliphatic heterocycles. The first-order valence-electron chi connectivity index (χ1n) is 3.65. The first kappa shape index (κ1) is 10.7. The molecule has 0 saturated heterocycles. The van der Waals surface area contributed by atoms with Crippen LogP contribution in [-0.2, 0) is 4.79 Å². The second-order valence-corrected chi connectivity index (χ2v) is 3.66. The molecular weight excluding hydrogens is 206 g/mol. The van der Waals surface area contributed by atoms with Gasteiger partial charge in [0.15, 0.2) is 6.10 Å². The monoisotopic (exact) mass is 213 g/mol. The van der Waals surface area contributed by atoms with Crippen molar-refractivity contribution in [3.05, 3.63) is 21.9 Å². The Morgan fingerprint density at radius 1 is 1.50 bits per heavy atom. The van der Waals surface area contributed by atoms with E-state index in [1.54, 1.807) is 0 Å². The van der Waals surface area contributed by atoms with Gasteiger partial charge in [0.1, 0.15) is 17.1 Å². The first-order chi connectivity index (χ1) is 6.56. The third-order valence-electron chi connectivity index (χ3n) is 1.58. The van der Waals surface area contributed by atoms with E-state index in [-0.39, 0.29) is 4.88 Å². The van der Waals surface area contributed by atoms with Crippen LogP contribution in [0.4, 0.5) is 0 Å². The van der Waals surface area contributed by atoms with Crippen LogP contribution < -0.4 is 0 Å². The van der Waals surface area contributed by atoms with Crippen LogP contribution in [0.15, 0.2) is 12.1 Å². The number of hydrogen-bond donors (Lipinski definition) is 3. The summed E-state index contributed by atoms with van der Waals surface area (Å²) in [5.41, 5.74) is 0. The van der Waals surface area contributed by atoms with E-state index in [2.05, 4.69) is 0 Å². The summed E-state index contributed by atoms with van der Waals surface area (Å²) in [6.45, 7) is 0. The Morgan fingerprint density at radius 2 is 2.14 bits per heavy atom. The van der Waals surface area contributed by atoms with Crippen LogP contribution in [0.25, 0.3) is 0 Å². The fourth-order valence-corrected chi connectivity index (χ4v) is 1.68. The quantitative estimate of drug-likeness (QED) is 0.660. The molecule has 0 spiro atoms. The average molecular weight is 213 g/mol. The highest BCUT2D eigenvalue weighted by molar-refractivity contribution is 7.12.